The highest BCUT2D eigenvalue weighted by molar-refractivity contribution is 5.98. The first kappa shape index (κ1) is 18.7. The Hall–Kier alpha value is -3.13. The Balaban J connectivity index is 1.84. The van der Waals surface area contributed by atoms with Gasteiger partial charge in [0.2, 0.25) is 5.91 Å². The first-order valence-corrected chi connectivity index (χ1v) is 9.18. The number of hydrogen-bond acceptors (Lipinski definition) is 3. The molecule has 5 heteroatoms. The van der Waals surface area contributed by atoms with E-state index >= 15 is 0 Å². The van der Waals surface area contributed by atoms with Gasteiger partial charge in [0.05, 0.1) is 17.7 Å². The molecule has 0 aromatic heterocycles. The summed E-state index contributed by atoms with van der Waals surface area (Å²) in [6.07, 6.45) is 0.771. The van der Waals surface area contributed by atoms with E-state index in [-0.39, 0.29) is 17.9 Å². The SMILES string of the molecule is CCN(C(=O)c1ccc2c(c1)CCN2C(C)=O)C(C)c1ccc(C#N)cc1. The van der Waals surface area contributed by atoms with Crippen LogP contribution in [0.15, 0.2) is 42.5 Å². The number of carbonyl (C=O) groups excluding carboxylic acids is 2. The van der Waals surface area contributed by atoms with Crippen molar-refractivity contribution < 1.29 is 9.59 Å². The number of benzene rings is 2. The fourth-order valence-electron chi connectivity index (χ4n) is 3.64. The number of anilines is 1. The average molecular weight is 361 g/mol. The largest absolute Gasteiger partial charge is 0.332 e. The van der Waals surface area contributed by atoms with Crippen LogP contribution in [-0.2, 0) is 11.2 Å². The summed E-state index contributed by atoms with van der Waals surface area (Å²) in [6.45, 7) is 6.76. The smallest absolute Gasteiger partial charge is 0.254 e. The van der Waals surface area contributed by atoms with Crippen LogP contribution in [0.5, 0.6) is 0 Å². The highest BCUT2D eigenvalue weighted by atomic mass is 16.2. The predicted molar refractivity (Wildman–Crippen MR) is 104 cm³/mol. The molecule has 0 saturated heterocycles. The summed E-state index contributed by atoms with van der Waals surface area (Å²) in [5, 5.41) is 8.95. The molecule has 1 heterocycles. The van der Waals surface area contributed by atoms with Gasteiger partial charge in [0.15, 0.2) is 0 Å². The lowest BCUT2D eigenvalue weighted by molar-refractivity contribution is -0.116. The van der Waals surface area contributed by atoms with E-state index in [1.165, 1.54) is 0 Å². The van der Waals surface area contributed by atoms with E-state index in [1.807, 2.05) is 43.0 Å². The van der Waals surface area contributed by atoms with Crippen molar-refractivity contribution in [2.24, 2.45) is 0 Å². The molecule has 1 aliphatic rings. The van der Waals surface area contributed by atoms with Crippen LogP contribution in [-0.4, -0.2) is 29.8 Å². The van der Waals surface area contributed by atoms with Crippen molar-refractivity contribution in [3.05, 3.63) is 64.7 Å². The summed E-state index contributed by atoms with van der Waals surface area (Å²) in [7, 11) is 0. The summed E-state index contributed by atoms with van der Waals surface area (Å²) < 4.78 is 0. The van der Waals surface area contributed by atoms with Gasteiger partial charge in [0.1, 0.15) is 0 Å². The minimum atomic E-state index is -0.0998. The fourth-order valence-corrected chi connectivity index (χ4v) is 3.64. The van der Waals surface area contributed by atoms with E-state index in [4.69, 9.17) is 5.26 Å². The average Bonchev–Trinajstić information content (AvgIpc) is 3.12. The number of amides is 2. The molecule has 2 aromatic rings. The third-order valence-electron chi connectivity index (χ3n) is 5.19. The van der Waals surface area contributed by atoms with Gasteiger partial charge in [-0.2, -0.15) is 5.26 Å². The Morgan fingerprint density at radius 2 is 1.93 bits per heavy atom. The molecule has 0 fully saturated rings. The van der Waals surface area contributed by atoms with E-state index in [0.717, 1.165) is 23.2 Å². The molecule has 27 heavy (non-hydrogen) atoms. The minimum Gasteiger partial charge on any atom is -0.332 e. The van der Waals surface area contributed by atoms with Crippen molar-refractivity contribution in [3.8, 4) is 6.07 Å². The van der Waals surface area contributed by atoms with Gasteiger partial charge in [0, 0.05) is 31.3 Å². The van der Waals surface area contributed by atoms with Crippen molar-refractivity contribution in [1.82, 2.24) is 4.90 Å². The monoisotopic (exact) mass is 361 g/mol. The number of nitrogens with zero attached hydrogens (tertiary/aromatic N) is 3. The maximum absolute atomic E-state index is 13.1. The molecular weight excluding hydrogens is 338 g/mol. The molecule has 0 spiro atoms. The maximum atomic E-state index is 13.1. The Bertz CT molecular complexity index is 912. The fraction of sp³-hybridized carbons (Fsp3) is 0.318. The van der Waals surface area contributed by atoms with Crippen LogP contribution in [0, 0.1) is 11.3 Å². The second kappa shape index (κ2) is 7.63. The van der Waals surface area contributed by atoms with E-state index in [2.05, 4.69) is 6.07 Å². The molecule has 5 nitrogen and oxygen atoms in total. The standard InChI is InChI=1S/C22H23N3O2/c1-4-24(15(2)18-7-5-17(14-23)6-8-18)22(27)20-9-10-21-19(13-20)11-12-25(21)16(3)26/h5-10,13,15H,4,11-12H2,1-3H3. The summed E-state index contributed by atoms with van der Waals surface area (Å²) in [4.78, 5) is 28.4. The Labute approximate surface area is 159 Å². The van der Waals surface area contributed by atoms with Gasteiger partial charge in [-0.05, 0) is 61.7 Å². The highest BCUT2D eigenvalue weighted by Crippen LogP contribution is 2.30. The summed E-state index contributed by atoms with van der Waals surface area (Å²) in [6, 6.07) is 14.9. The second-order valence-corrected chi connectivity index (χ2v) is 6.77. The van der Waals surface area contributed by atoms with E-state index in [0.29, 0.717) is 24.2 Å². The lowest BCUT2D eigenvalue weighted by Gasteiger charge is -2.29. The highest BCUT2D eigenvalue weighted by Gasteiger charge is 2.26. The lowest BCUT2D eigenvalue weighted by atomic mass is 10.0. The Morgan fingerprint density at radius 3 is 2.52 bits per heavy atom. The Morgan fingerprint density at radius 1 is 1.22 bits per heavy atom. The van der Waals surface area contributed by atoms with Crippen LogP contribution in [0.2, 0.25) is 0 Å². The van der Waals surface area contributed by atoms with Crippen LogP contribution in [0.3, 0.4) is 0 Å². The van der Waals surface area contributed by atoms with Crippen molar-refractivity contribution in [2.45, 2.75) is 33.2 Å². The molecule has 0 radical (unpaired) electrons. The lowest BCUT2D eigenvalue weighted by Crippen LogP contribution is -2.33. The van der Waals surface area contributed by atoms with Crippen LogP contribution >= 0.6 is 0 Å². The number of hydrogen-bond donors (Lipinski definition) is 0. The zero-order valence-corrected chi connectivity index (χ0v) is 15.9. The quantitative estimate of drug-likeness (QED) is 0.834. The van der Waals surface area contributed by atoms with Gasteiger partial charge in [-0.15, -0.1) is 0 Å². The summed E-state index contributed by atoms with van der Waals surface area (Å²) in [5.41, 5.74) is 4.18. The summed E-state index contributed by atoms with van der Waals surface area (Å²) in [5.74, 6) is -0.00381. The van der Waals surface area contributed by atoms with Gasteiger partial charge < -0.3 is 9.80 Å². The Kier molecular flexibility index (Phi) is 5.27. The zero-order chi connectivity index (χ0) is 19.6. The van der Waals surface area contributed by atoms with Crippen molar-refractivity contribution in [2.75, 3.05) is 18.0 Å². The predicted octanol–water partition coefficient (Wildman–Crippen LogP) is 3.69. The molecule has 2 aromatic carbocycles. The minimum absolute atomic E-state index is 0.0254. The van der Waals surface area contributed by atoms with E-state index in [1.54, 1.807) is 30.0 Å². The maximum Gasteiger partial charge on any atom is 0.254 e. The number of nitriles is 1. The van der Waals surface area contributed by atoms with Crippen LogP contribution in [0.25, 0.3) is 0 Å². The molecule has 138 valence electrons. The molecule has 3 rings (SSSR count). The number of fused-ring (bicyclic) bond motifs is 1. The molecule has 1 unspecified atom stereocenters. The first-order valence-electron chi connectivity index (χ1n) is 9.18. The van der Waals surface area contributed by atoms with Crippen molar-refractivity contribution in [3.63, 3.8) is 0 Å². The third kappa shape index (κ3) is 3.56. The zero-order valence-electron chi connectivity index (χ0n) is 15.9. The number of carbonyl (C=O) groups is 2. The van der Waals surface area contributed by atoms with Crippen molar-refractivity contribution in [1.29, 1.82) is 5.26 Å². The molecule has 0 bridgehead atoms. The first-order chi connectivity index (χ1) is 13.0. The van der Waals surface area contributed by atoms with E-state index < -0.39 is 0 Å². The molecule has 1 atom stereocenters. The van der Waals surface area contributed by atoms with E-state index in [9.17, 15) is 9.59 Å². The molecule has 0 saturated carbocycles. The van der Waals surface area contributed by atoms with Gasteiger partial charge in [-0.3, -0.25) is 9.59 Å². The number of rotatable bonds is 4. The normalized spacial score (nSPS) is 13.6. The van der Waals surface area contributed by atoms with Gasteiger partial charge >= 0.3 is 0 Å². The van der Waals surface area contributed by atoms with Crippen LogP contribution in [0.1, 0.15) is 53.9 Å². The molecular formula is C22H23N3O2. The third-order valence-corrected chi connectivity index (χ3v) is 5.19. The van der Waals surface area contributed by atoms with Crippen molar-refractivity contribution >= 4 is 17.5 Å². The van der Waals surface area contributed by atoms with Crippen LogP contribution in [0.4, 0.5) is 5.69 Å². The molecule has 0 aliphatic carbocycles. The molecule has 1 aliphatic heterocycles. The van der Waals surface area contributed by atoms with Gasteiger partial charge in [-0.25, -0.2) is 0 Å². The topological polar surface area (TPSA) is 64.4 Å². The van der Waals surface area contributed by atoms with Gasteiger partial charge in [0.25, 0.3) is 5.91 Å². The van der Waals surface area contributed by atoms with Crippen LogP contribution < -0.4 is 4.90 Å². The summed E-state index contributed by atoms with van der Waals surface area (Å²) >= 11 is 0. The molecule has 0 N–H and O–H groups in total. The molecule has 2 amide bonds. The second-order valence-electron chi connectivity index (χ2n) is 6.77. The van der Waals surface area contributed by atoms with Gasteiger partial charge in [-0.1, -0.05) is 12.1 Å².